The van der Waals surface area contributed by atoms with Gasteiger partial charge in [-0.2, -0.15) is 0 Å². The number of carbonyl (C=O) groups is 2. The smallest absolute Gasteiger partial charge is 0.336 e. The molecule has 1 saturated heterocycles. The van der Waals surface area contributed by atoms with Crippen LogP contribution in [0.2, 0.25) is 0 Å². The lowest BCUT2D eigenvalue weighted by Gasteiger charge is -2.45. The fraction of sp³-hybridized carbons (Fsp3) is 0.636. The van der Waals surface area contributed by atoms with Crippen LogP contribution in [0.25, 0.3) is 0 Å². The highest BCUT2D eigenvalue weighted by Crippen LogP contribution is 2.43. The Balaban J connectivity index is 0.00000240. The van der Waals surface area contributed by atoms with E-state index < -0.39 is 17.3 Å². The Kier molecular flexibility index (Phi) is 6.25. The minimum Gasteiger partial charge on any atom is -0.478 e. The zero-order valence-electron chi connectivity index (χ0n) is 17.1. The topological polar surface area (TPSA) is 60.9 Å². The van der Waals surface area contributed by atoms with E-state index in [1.165, 1.54) is 38.2 Å². The van der Waals surface area contributed by atoms with Crippen LogP contribution in [0.3, 0.4) is 0 Å². The molecule has 1 saturated carbocycles. The van der Waals surface area contributed by atoms with E-state index in [-0.39, 0.29) is 35.5 Å². The molecule has 5 nitrogen and oxygen atoms in total. The molecule has 7 heteroatoms. The Labute approximate surface area is 177 Å². The third-order valence-corrected chi connectivity index (χ3v) is 6.98. The Morgan fingerprint density at radius 1 is 1.07 bits per heavy atom. The van der Waals surface area contributed by atoms with Crippen LogP contribution >= 0.6 is 12.4 Å². The van der Waals surface area contributed by atoms with E-state index in [4.69, 9.17) is 0 Å². The van der Waals surface area contributed by atoms with Crippen molar-refractivity contribution < 1.29 is 19.1 Å². The number of hydrogen-bond donors (Lipinski definition) is 1. The average Bonchev–Trinajstić information content (AvgIpc) is 2.87. The van der Waals surface area contributed by atoms with Crippen molar-refractivity contribution in [2.45, 2.75) is 76.4 Å². The van der Waals surface area contributed by atoms with Crippen molar-refractivity contribution >= 4 is 24.3 Å². The van der Waals surface area contributed by atoms with Gasteiger partial charge in [-0.3, -0.25) is 4.79 Å². The second-order valence-corrected chi connectivity index (χ2v) is 8.97. The third kappa shape index (κ3) is 3.77. The molecule has 3 aliphatic rings. The number of nitrogens with zero attached hydrogens (tertiary/aromatic N) is 2. The van der Waals surface area contributed by atoms with Crippen LogP contribution in [-0.4, -0.2) is 52.0 Å². The minimum absolute atomic E-state index is 0. The molecular formula is C22H30ClFN2O3. The van der Waals surface area contributed by atoms with Gasteiger partial charge in [-0.25, -0.2) is 9.18 Å². The number of amides is 1. The van der Waals surface area contributed by atoms with Gasteiger partial charge in [-0.05, 0) is 57.2 Å². The number of aromatic carboxylic acids is 1. The lowest BCUT2D eigenvalue weighted by molar-refractivity contribution is 0.0226. The molecule has 1 aromatic carbocycles. The molecule has 2 fully saturated rings. The normalized spacial score (nSPS) is 23.0. The number of rotatable bonds is 3. The fourth-order valence-electron chi connectivity index (χ4n) is 5.57. The summed E-state index contributed by atoms with van der Waals surface area (Å²) in [6, 6.07) is 3.02. The van der Waals surface area contributed by atoms with Crippen LogP contribution in [0.1, 0.15) is 85.1 Å². The van der Waals surface area contributed by atoms with Gasteiger partial charge in [0.05, 0.1) is 16.7 Å². The van der Waals surface area contributed by atoms with Gasteiger partial charge < -0.3 is 14.9 Å². The molecule has 160 valence electrons. The number of halogens is 2. The summed E-state index contributed by atoms with van der Waals surface area (Å²) in [5.41, 5.74) is -0.287. The van der Waals surface area contributed by atoms with Gasteiger partial charge in [0.1, 0.15) is 5.82 Å². The molecular weight excluding hydrogens is 395 g/mol. The monoisotopic (exact) mass is 424 g/mol. The van der Waals surface area contributed by atoms with Gasteiger partial charge in [0.25, 0.3) is 5.91 Å². The number of carboxylic acid groups (broad SMARTS) is 1. The number of piperidine rings is 1. The number of fused-ring (bicyclic) bond motifs is 1. The molecule has 0 radical (unpaired) electrons. The second-order valence-electron chi connectivity index (χ2n) is 8.97. The number of benzene rings is 1. The summed E-state index contributed by atoms with van der Waals surface area (Å²) in [6.45, 7) is 5.72. The highest BCUT2D eigenvalue weighted by molar-refractivity contribution is 6.08. The Morgan fingerprint density at radius 3 is 2.28 bits per heavy atom. The molecule has 0 atom stereocenters. The summed E-state index contributed by atoms with van der Waals surface area (Å²) < 4.78 is 14.1. The summed E-state index contributed by atoms with van der Waals surface area (Å²) in [7, 11) is 0. The van der Waals surface area contributed by atoms with Gasteiger partial charge in [0, 0.05) is 25.2 Å². The van der Waals surface area contributed by atoms with E-state index in [2.05, 4.69) is 4.90 Å². The van der Waals surface area contributed by atoms with Gasteiger partial charge in [-0.15, -0.1) is 12.4 Å². The first kappa shape index (κ1) is 22.0. The predicted octanol–water partition coefficient (Wildman–Crippen LogP) is 4.43. The molecule has 4 rings (SSSR count). The van der Waals surface area contributed by atoms with E-state index >= 15 is 0 Å². The maximum Gasteiger partial charge on any atom is 0.336 e. The summed E-state index contributed by atoms with van der Waals surface area (Å²) in [5.74, 6) is -2.13. The molecule has 29 heavy (non-hydrogen) atoms. The van der Waals surface area contributed by atoms with Crippen LogP contribution in [0.5, 0.6) is 0 Å². The molecule has 0 spiro atoms. The maximum atomic E-state index is 14.1. The highest BCUT2D eigenvalue weighted by atomic mass is 35.5. The molecule has 1 amide bonds. The van der Waals surface area contributed by atoms with Crippen molar-refractivity contribution in [1.82, 2.24) is 9.80 Å². The molecule has 2 heterocycles. The third-order valence-electron chi connectivity index (χ3n) is 6.98. The number of carboxylic acids is 1. The van der Waals surface area contributed by atoms with Crippen molar-refractivity contribution in [1.29, 1.82) is 0 Å². The van der Waals surface area contributed by atoms with E-state index in [9.17, 15) is 19.1 Å². The van der Waals surface area contributed by atoms with E-state index in [0.717, 1.165) is 32.0 Å². The van der Waals surface area contributed by atoms with Crippen LogP contribution in [0, 0.1) is 5.82 Å². The first-order chi connectivity index (χ1) is 13.3. The van der Waals surface area contributed by atoms with Gasteiger partial charge in [0.15, 0.2) is 0 Å². The molecule has 1 aromatic rings. The lowest BCUT2D eigenvalue weighted by Crippen LogP contribution is -2.53. The number of hydrogen-bond acceptors (Lipinski definition) is 3. The summed E-state index contributed by atoms with van der Waals surface area (Å²) in [4.78, 5) is 29.3. The predicted molar refractivity (Wildman–Crippen MR) is 111 cm³/mol. The van der Waals surface area contributed by atoms with Gasteiger partial charge >= 0.3 is 5.97 Å². The van der Waals surface area contributed by atoms with Crippen LogP contribution in [-0.2, 0) is 5.54 Å². The first-order valence-corrected chi connectivity index (χ1v) is 10.5. The van der Waals surface area contributed by atoms with Crippen LogP contribution < -0.4 is 0 Å². The molecule has 0 aromatic heterocycles. The van der Waals surface area contributed by atoms with Crippen LogP contribution in [0.4, 0.5) is 4.39 Å². The minimum atomic E-state index is -1.26. The van der Waals surface area contributed by atoms with Crippen LogP contribution in [0.15, 0.2) is 12.1 Å². The molecule has 1 aliphatic carbocycles. The van der Waals surface area contributed by atoms with E-state index in [1.807, 2.05) is 18.7 Å². The first-order valence-electron chi connectivity index (χ1n) is 10.5. The lowest BCUT2D eigenvalue weighted by atomic mass is 9.89. The standard InChI is InChI=1S/C22H29FN2O3.ClH/c1-22(2)18-13-14(23)12-17(21(27)28)19(18)20(26)25(22)16-8-10-24(11-9-16)15-6-4-3-5-7-15;/h12-13,15-16H,3-11H2,1-2H3,(H,27,28);1H. The van der Waals surface area contributed by atoms with Gasteiger partial charge in [0.2, 0.25) is 0 Å². The van der Waals surface area contributed by atoms with Crippen molar-refractivity contribution in [2.24, 2.45) is 0 Å². The van der Waals surface area contributed by atoms with Crippen molar-refractivity contribution in [3.63, 3.8) is 0 Å². The average molecular weight is 425 g/mol. The molecule has 0 unspecified atom stereocenters. The number of carbonyl (C=O) groups excluding carboxylic acids is 1. The number of likely N-dealkylation sites (tertiary alicyclic amines) is 1. The zero-order chi connectivity index (χ0) is 20.1. The largest absolute Gasteiger partial charge is 0.478 e. The van der Waals surface area contributed by atoms with Crippen molar-refractivity contribution in [3.05, 3.63) is 34.6 Å². The summed E-state index contributed by atoms with van der Waals surface area (Å²) in [6.07, 6.45) is 8.25. The second kappa shape index (κ2) is 8.23. The summed E-state index contributed by atoms with van der Waals surface area (Å²) >= 11 is 0. The molecule has 1 N–H and O–H groups in total. The zero-order valence-corrected chi connectivity index (χ0v) is 17.9. The Hall–Kier alpha value is -1.66. The summed E-state index contributed by atoms with van der Waals surface area (Å²) in [5, 5.41) is 9.49. The van der Waals surface area contributed by atoms with E-state index in [1.54, 1.807) is 0 Å². The fourth-order valence-corrected chi connectivity index (χ4v) is 5.57. The van der Waals surface area contributed by atoms with Crippen molar-refractivity contribution in [3.8, 4) is 0 Å². The maximum absolute atomic E-state index is 14.1. The molecule has 0 bridgehead atoms. The highest BCUT2D eigenvalue weighted by Gasteiger charge is 2.49. The quantitative estimate of drug-likeness (QED) is 0.779. The Morgan fingerprint density at radius 2 is 1.69 bits per heavy atom. The van der Waals surface area contributed by atoms with Gasteiger partial charge in [-0.1, -0.05) is 19.3 Å². The van der Waals surface area contributed by atoms with Crippen molar-refractivity contribution in [2.75, 3.05) is 13.1 Å². The Bertz CT molecular complexity index is 799. The SMILES string of the molecule is CC1(C)c2cc(F)cc(C(=O)O)c2C(=O)N1C1CCN(C2CCCCC2)CC1.Cl. The van der Waals surface area contributed by atoms with E-state index in [0.29, 0.717) is 11.6 Å². The molecule has 2 aliphatic heterocycles.